The van der Waals surface area contributed by atoms with Gasteiger partial charge >= 0.3 is 0 Å². The fourth-order valence-corrected chi connectivity index (χ4v) is 2.34. The normalized spacial score (nSPS) is 16.4. The molecule has 4 nitrogen and oxygen atoms in total. The minimum atomic E-state index is -0.409. The van der Waals surface area contributed by atoms with Gasteiger partial charge in [-0.3, -0.25) is 4.79 Å². The van der Waals surface area contributed by atoms with Crippen molar-refractivity contribution in [1.29, 1.82) is 0 Å². The van der Waals surface area contributed by atoms with Crippen LogP contribution in [0.5, 0.6) is 5.75 Å². The Balaban J connectivity index is 1.90. The van der Waals surface area contributed by atoms with E-state index in [2.05, 4.69) is 5.32 Å². The summed E-state index contributed by atoms with van der Waals surface area (Å²) < 4.78 is 5.71. The molecule has 2 rings (SSSR count). The maximum Gasteiger partial charge on any atom is 0.263 e. The molecule has 1 unspecified atom stereocenters. The molecule has 1 aromatic carbocycles. The number of carbonyl (C=O) groups excluding carboxylic acids is 1. The van der Waals surface area contributed by atoms with Crippen molar-refractivity contribution in [2.24, 2.45) is 0 Å². The van der Waals surface area contributed by atoms with Gasteiger partial charge in [-0.1, -0.05) is 12.1 Å². The molecule has 1 aliphatic heterocycles. The van der Waals surface area contributed by atoms with Gasteiger partial charge in [0.15, 0.2) is 6.10 Å². The number of nitrogens with one attached hydrogen (secondary N) is 1. The van der Waals surface area contributed by atoms with Gasteiger partial charge in [0.1, 0.15) is 5.75 Å². The Morgan fingerprint density at radius 1 is 1.32 bits per heavy atom. The predicted molar refractivity (Wildman–Crippen MR) is 75.1 cm³/mol. The third kappa shape index (κ3) is 3.70. The highest BCUT2D eigenvalue weighted by Gasteiger charge is 2.24. The summed E-state index contributed by atoms with van der Waals surface area (Å²) >= 11 is 0. The average molecular weight is 262 g/mol. The fourth-order valence-electron chi connectivity index (χ4n) is 2.34. The van der Waals surface area contributed by atoms with Crippen LogP contribution < -0.4 is 10.1 Å². The van der Waals surface area contributed by atoms with Crippen LogP contribution in [0.4, 0.5) is 0 Å². The van der Waals surface area contributed by atoms with E-state index in [0.29, 0.717) is 0 Å². The van der Waals surface area contributed by atoms with Gasteiger partial charge < -0.3 is 15.0 Å². The van der Waals surface area contributed by atoms with E-state index in [9.17, 15) is 4.79 Å². The number of ether oxygens (including phenoxy) is 1. The van der Waals surface area contributed by atoms with Crippen molar-refractivity contribution < 1.29 is 9.53 Å². The third-order valence-electron chi connectivity index (χ3n) is 3.38. The summed E-state index contributed by atoms with van der Waals surface area (Å²) in [5, 5.41) is 3.10. The summed E-state index contributed by atoms with van der Waals surface area (Å²) in [6.45, 7) is 4.39. The van der Waals surface area contributed by atoms with Crippen LogP contribution in [-0.4, -0.2) is 37.0 Å². The molecule has 0 spiro atoms. The standard InChI is InChI=1S/C15H22N2O2/c1-12(15(18)17-9-3-4-10-17)19-14-7-5-13(6-8-14)11-16-2/h5-8,12,16H,3-4,9-11H2,1-2H3. The summed E-state index contributed by atoms with van der Waals surface area (Å²) in [6.07, 6.45) is 1.81. The van der Waals surface area contributed by atoms with Crippen LogP contribution in [0.2, 0.25) is 0 Å². The predicted octanol–water partition coefficient (Wildman–Crippen LogP) is 1.80. The first-order valence-corrected chi connectivity index (χ1v) is 6.89. The summed E-state index contributed by atoms with van der Waals surface area (Å²) in [6, 6.07) is 7.86. The lowest BCUT2D eigenvalue weighted by atomic mass is 10.2. The molecule has 1 N–H and O–H groups in total. The SMILES string of the molecule is CNCc1ccc(OC(C)C(=O)N2CCCC2)cc1. The first-order valence-electron chi connectivity index (χ1n) is 6.89. The zero-order valence-corrected chi connectivity index (χ0v) is 11.7. The summed E-state index contributed by atoms with van der Waals surface area (Å²) in [5.41, 5.74) is 1.20. The second-order valence-electron chi connectivity index (χ2n) is 4.97. The minimum absolute atomic E-state index is 0.0943. The number of likely N-dealkylation sites (tertiary alicyclic amines) is 1. The van der Waals surface area contributed by atoms with Crippen molar-refractivity contribution in [3.05, 3.63) is 29.8 Å². The van der Waals surface area contributed by atoms with Gasteiger partial charge in [-0.05, 0) is 44.5 Å². The van der Waals surface area contributed by atoms with Gasteiger partial charge in [0.25, 0.3) is 5.91 Å². The Morgan fingerprint density at radius 2 is 1.95 bits per heavy atom. The van der Waals surface area contributed by atoms with Gasteiger partial charge in [0.2, 0.25) is 0 Å². The molecular weight excluding hydrogens is 240 g/mol. The van der Waals surface area contributed by atoms with Crippen LogP contribution in [0.1, 0.15) is 25.3 Å². The molecular formula is C15H22N2O2. The van der Waals surface area contributed by atoms with Crippen molar-refractivity contribution in [2.45, 2.75) is 32.4 Å². The van der Waals surface area contributed by atoms with E-state index >= 15 is 0 Å². The average Bonchev–Trinajstić information content (AvgIpc) is 2.94. The van der Waals surface area contributed by atoms with Crippen LogP contribution in [0.15, 0.2) is 24.3 Å². The molecule has 1 aromatic rings. The largest absolute Gasteiger partial charge is 0.481 e. The van der Waals surface area contributed by atoms with E-state index in [1.165, 1.54) is 5.56 Å². The molecule has 104 valence electrons. The summed E-state index contributed by atoms with van der Waals surface area (Å²) in [7, 11) is 1.92. The molecule has 1 saturated heterocycles. The fraction of sp³-hybridized carbons (Fsp3) is 0.533. The Morgan fingerprint density at radius 3 is 2.53 bits per heavy atom. The number of benzene rings is 1. The Bertz CT molecular complexity index is 411. The lowest BCUT2D eigenvalue weighted by Crippen LogP contribution is -2.38. The van der Waals surface area contributed by atoms with Crippen molar-refractivity contribution >= 4 is 5.91 Å². The van der Waals surface area contributed by atoms with Crippen molar-refractivity contribution in [3.8, 4) is 5.75 Å². The molecule has 0 bridgehead atoms. The highest BCUT2D eigenvalue weighted by atomic mass is 16.5. The van der Waals surface area contributed by atoms with Crippen LogP contribution in [0.25, 0.3) is 0 Å². The highest BCUT2D eigenvalue weighted by molar-refractivity contribution is 5.81. The van der Waals surface area contributed by atoms with E-state index in [1.54, 1.807) is 0 Å². The monoisotopic (exact) mass is 262 g/mol. The second kappa shape index (κ2) is 6.57. The Kier molecular flexibility index (Phi) is 4.80. The molecule has 1 amide bonds. The molecule has 1 fully saturated rings. The summed E-state index contributed by atoms with van der Waals surface area (Å²) in [4.78, 5) is 14.0. The lowest BCUT2D eigenvalue weighted by molar-refractivity contribution is -0.136. The third-order valence-corrected chi connectivity index (χ3v) is 3.38. The highest BCUT2D eigenvalue weighted by Crippen LogP contribution is 2.16. The topological polar surface area (TPSA) is 41.6 Å². The van der Waals surface area contributed by atoms with Gasteiger partial charge in [0.05, 0.1) is 0 Å². The maximum atomic E-state index is 12.1. The van der Waals surface area contributed by atoms with Crippen molar-refractivity contribution in [3.63, 3.8) is 0 Å². The van der Waals surface area contributed by atoms with Gasteiger partial charge in [-0.2, -0.15) is 0 Å². The molecule has 0 aromatic heterocycles. The second-order valence-corrected chi connectivity index (χ2v) is 4.97. The number of rotatable bonds is 5. The van der Waals surface area contributed by atoms with Gasteiger partial charge in [-0.15, -0.1) is 0 Å². The van der Waals surface area contributed by atoms with E-state index < -0.39 is 6.10 Å². The van der Waals surface area contributed by atoms with Gasteiger partial charge in [0, 0.05) is 19.6 Å². The molecule has 1 aliphatic rings. The number of hydrogen-bond acceptors (Lipinski definition) is 3. The Hall–Kier alpha value is -1.55. The van der Waals surface area contributed by atoms with Crippen LogP contribution in [0.3, 0.4) is 0 Å². The molecule has 1 atom stereocenters. The number of hydrogen-bond donors (Lipinski definition) is 1. The number of nitrogens with zero attached hydrogens (tertiary/aromatic N) is 1. The zero-order valence-electron chi connectivity index (χ0n) is 11.7. The van der Waals surface area contributed by atoms with Crippen molar-refractivity contribution in [1.82, 2.24) is 10.2 Å². The quantitative estimate of drug-likeness (QED) is 0.879. The molecule has 1 heterocycles. The summed E-state index contributed by atoms with van der Waals surface area (Å²) in [5.74, 6) is 0.844. The van der Waals surface area contributed by atoms with Crippen LogP contribution in [0, 0.1) is 0 Å². The van der Waals surface area contributed by atoms with E-state index in [-0.39, 0.29) is 5.91 Å². The van der Waals surface area contributed by atoms with Crippen LogP contribution in [-0.2, 0) is 11.3 Å². The molecule has 0 aliphatic carbocycles. The van der Waals surface area contributed by atoms with Crippen LogP contribution >= 0.6 is 0 Å². The first kappa shape index (κ1) is 13.9. The molecule has 19 heavy (non-hydrogen) atoms. The lowest BCUT2D eigenvalue weighted by Gasteiger charge is -2.21. The number of carbonyl (C=O) groups is 1. The van der Waals surface area contributed by atoms with E-state index in [0.717, 1.165) is 38.2 Å². The van der Waals surface area contributed by atoms with E-state index in [1.807, 2.05) is 43.1 Å². The minimum Gasteiger partial charge on any atom is -0.481 e. The van der Waals surface area contributed by atoms with Crippen molar-refractivity contribution in [2.75, 3.05) is 20.1 Å². The number of amides is 1. The van der Waals surface area contributed by atoms with E-state index in [4.69, 9.17) is 4.74 Å². The molecule has 4 heteroatoms. The smallest absolute Gasteiger partial charge is 0.263 e. The first-order chi connectivity index (χ1) is 9.20. The maximum absolute atomic E-state index is 12.1. The molecule has 0 saturated carbocycles. The molecule has 0 radical (unpaired) electrons. The zero-order chi connectivity index (χ0) is 13.7. The van der Waals surface area contributed by atoms with Gasteiger partial charge in [-0.25, -0.2) is 0 Å². The Labute approximate surface area is 114 Å².